The molecule has 0 heterocycles. The van der Waals surface area contributed by atoms with Gasteiger partial charge in [0.05, 0.1) is 22.0 Å². The Labute approximate surface area is 142 Å². The number of carbonyl (C=O) groups excluding carboxylic acids is 1. The van der Waals surface area contributed by atoms with Crippen LogP contribution in [-0.4, -0.2) is 25.3 Å². The smallest absolute Gasteiger partial charge is 0.323 e. The Kier molecular flexibility index (Phi) is 5.27. The third-order valence-electron chi connectivity index (χ3n) is 3.08. The number of amides is 2. The number of benzene rings is 2. The summed E-state index contributed by atoms with van der Waals surface area (Å²) in [5, 5.41) is 14.8. The third kappa shape index (κ3) is 4.23. The monoisotopic (exact) mass is 398 g/mol. The maximum Gasteiger partial charge on any atom is 0.323 e. The number of para-hydroxylation sites is 1. The summed E-state index contributed by atoms with van der Waals surface area (Å²) in [6.07, 6.45) is 0. The topological polar surface area (TPSA) is 95.5 Å². The first kappa shape index (κ1) is 17.3. The van der Waals surface area contributed by atoms with Gasteiger partial charge in [0, 0.05) is 4.47 Å². The molecular weight excluding hydrogens is 384 g/mol. The Morgan fingerprint density at radius 1 is 1.13 bits per heavy atom. The number of hydrogen-bond donors (Lipinski definition) is 3. The molecule has 0 aliphatic carbocycles. The molecule has 0 atom stereocenters. The molecule has 0 saturated carbocycles. The second-order valence-corrected chi connectivity index (χ2v) is 7.77. The van der Waals surface area contributed by atoms with Crippen molar-refractivity contribution in [1.29, 1.82) is 0 Å². The van der Waals surface area contributed by atoms with Crippen LogP contribution in [0.4, 0.5) is 16.2 Å². The highest BCUT2D eigenvalue weighted by molar-refractivity contribution is 9.10. The number of hydrogen-bond acceptors (Lipinski definition) is 4. The lowest BCUT2D eigenvalue weighted by Gasteiger charge is -2.11. The van der Waals surface area contributed by atoms with Crippen LogP contribution >= 0.6 is 15.9 Å². The molecule has 0 bridgehead atoms. The number of rotatable bonds is 4. The molecule has 0 fully saturated rings. The highest BCUT2D eigenvalue weighted by Gasteiger charge is 2.15. The van der Waals surface area contributed by atoms with Gasteiger partial charge in [0.25, 0.3) is 0 Å². The number of aromatic hydroxyl groups is 1. The molecule has 0 saturated heterocycles. The van der Waals surface area contributed by atoms with E-state index in [9.17, 15) is 18.3 Å². The molecule has 2 aromatic rings. The fourth-order valence-electron chi connectivity index (χ4n) is 1.81. The summed E-state index contributed by atoms with van der Waals surface area (Å²) in [7, 11) is -3.43. The van der Waals surface area contributed by atoms with Crippen LogP contribution in [0.2, 0.25) is 0 Å². The van der Waals surface area contributed by atoms with Crippen molar-refractivity contribution in [3.05, 3.63) is 46.9 Å². The first-order valence-corrected chi connectivity index (χ1v) is 9.16. The first-order chi connectivity index (χ1) is 10.8. The van der Waals surface area contributed by atoms with E-state index in [0.29, 0.717) is 10.2 Å². The molecule has 0 spiro atoms. The molecule has 2 rings (SSSR count). The van der Waals surface area contributed by atoms with Crippen molar-refractivity contribution in [1.82, 2.24) is 0 Å². The Balaban J connectivity index is 2.21. The summed E-state index contributed by atoms with van der Waals surface area (Å²) >= 11 is 3.30. The number of halogens is 1. The number of urea groups is 1. The van der Waals surface area contributed by atoms with Crippen LogP contribution in [0.5, 0.6) is 5.75 Å². The zero-order valence-corrected chi connectivity index (χ0v) is 14.6. The Morgan fingerprint density at radius 3 is 2.43 bits per heavy atom. The average Bonchev–Trinajstić information content (AvgIpc) is 2.51. The molecule has 8 heteroatoms. The molecule has 2 aromatic carbocycles. The lowest BCUT2D eigenvalue weighted by atomic mass is 10.3. The number of sulfone groups is 1. The molecule has 0 unspecified atom stereocenters. The van der Waals surface area contributed by atoms with Crippen molar-refractivity contribution in [3.8, 4) is 5.75 Å². The minimum absolute atomic E-state index is 0.0177. The number of carbonyl (C=O) groups is 1. The van der Waals surface area contributed by atoms with Gasteiger partial charge >= 0.3 is 6.03 Å². The van der Waals surface area contributed by atoms with Crippen LogP contribution in [0.15, 0.2) is 51.8 Å². The molecule has 122 valence electrons. The molecule has 3 N–H and O–H groups in total. The number of phenols is 1. The van der Waals surface area contributed by atoms with Gasteiger partial charge in [-0.3, -0.25) is 0 Å². The summed E-state index contributed by atoms with van der Waals surface area (Å²) in [6, 6.07) is 10.2. The number of anilines is 2. The van der Waals surface area contributed by atoms with E-state index in [0.717, 1.165) is 0 Å². The van der Waals surface area contributed by atoms with E-state index in [1.165, 1.54) is 25.1 Å². The van der Waals surface area contributed by atoms with Crippen molar-refractivity contribution in [2.75, 3.05) is 16.4 Å². The van der Waals surface area contributed by atoms with Gasteiger partial charge < -0.3 is 15.7 Å². The van der Waals surface area contributed by atoms with Crippen molar-refractivity contribution in [2.45, 2.75) is 11.8 Å². The summed E-state index contributed by atoms with van der Waals surface area (Å²) in [6.45, 7) is 1.52. The van der Waals surface area contributed by atoms with Gasteiger partial charge in [-0.2, -0.15) is 0 Å². The second-order valence-electron chi connectivity index (χ2n) is 4.64. The third-order valence-corrected chi connectivity index (χ3v) is 5.50. The van der Waals surface area contributed by atoms with Gasteiger partial charge in [-0.25, -0.2) is 13.2 Å². The second kappa shape index (κ2) is 7.01. The summed E-state index contributed by atoms with van der Waals surface area (Å²) in [5.74, 6) is -0.289. The highest BCUT2D eigenvalue weighted by Crippen LogP contribution is 2.27. The van der Waals surface area contributed by atoms with Gasteiger partial charge in [-0.15, -0.1) is 0 Å². The minimum atomic E-state index is -3.43. The SMILES string of the molecule is CCS(=O)(=O)c1ccc(O)c(NC(=O)Nc2ccccc2Br)c1. The van der Waals surface area contributed by atoms with Gasteiger partial charge in [0.15, 0.2) is 9.84 Å². The van der Waals surface area contributed by atoms with E-state index in [2.05, 4.69) is 26.6 Å². The van der Waals surface area contributed by atoms with Crippen LogP contribution in [0.1, 0.15) is 6.92 Å². The Morgan fingerprint density at radius 2 is 1.78 bits per heavy atom. The zero-order valence-electron chi connectivity index (χ0n) is 12.2. The molecule has 23 heavy (non-hydrogen) atoms. The van der Waals surface area contributed by atoms with E-state index < -0.39 is 15.9 Å². The first-order valence-electron chi connectivity index (χ1n) is 6.72. The lowest BCUT2D eigenvalue weighted by molar-refractivity contribution is 0.262. The molecular formula is C15H15BrN2O4S. The normalized spacial score (nSPS) is 11.0. The molecule has 0 aliphatic rings. The average molecular weight is 399 g/mol. The maximum absolute atomic E-state index is 12.0. The quantitative estimate of drug-likeness (QED) is 0.685. The molecule has 6 nitrogen and oxygen atoms in total. The van der Waals surface area contributed by atoms with Gasteiger partial charge in [-0.05, 0) is 46.3 Å². The summed E-state index contributed by atoms with van der Waals surface area (Å²) in [5.41, 5.74) is 0.561. The van der Waals surface area contributed by atoms with Crippen molar-refractivity contribution >= 4 is 43.2 Å². The fourth-order valence-corrected chi connectivity index (χ4v) is 3.10. The van der Waals surface area contributed by atoms with Crippen molar-refractivity contribution < 1.29 is 18.3 Å². The van der Waals surface area contributed by atoms with E-state index >= 15 is 0 Å². The largest absolute Gasteiger partial charge is 0.506 e. The summed E-state index contributed by atoms with van der Waals surface area (Å²) < 4.78 is 24.4. The molecule has 0 aromatic heterocycles. The zero-order chi connectivity index (χ0) is 17.0. The predicted octanol–water partition coefficient (Wildman–Crippen LogP) is 3.59. The van der Waals surface area contributed by atoms with Crippen LogP contribution < -0.4 is 10.6 Å². The van der Waals surface area contributed by atoms with Crippen molar-refractivity contribution in [3.63, 3.8) is 0 Å². The van der Waals surface area contributed by atoms with E-state index in [1.54, 1.807) is 24.3 Å². The Hall–Kier alpha value is -2.06. The lowest BCUT2D eigenvalue weighted by Crippen LogP contribution is -2.20. The summed E-state index contributed by atoms with van der Waals surface area (Å²) in [4.78, 5) is 12.0. The van der Waals surface area contributed by atoms with Crippen LogP contribution in [0.25, 0.3) is 0 Å². The maximum atomic E-state index is 12.0. The minimum Gasteiger partial charge on any atom is -0.506 e. The molecule has 2 amide bonds. The molecule has 0 aliphatic heterocycles. The van der Waals surface area contributed by atoms with Gasteiger partial charge in [-0.1, -0.05) is 19.1 Å². The standard InChI is InChI=1S/C15H15BrN2O4S/c1-2-23(21,22)10-7-8-14(19)13(9-10)18-15(20)17-12-6-4-3-5-11(12)16/h3-9,19H,2H2,1H3,(H2,17,18,20). The highest BCUT2D eigenvalue weighted by atomic mass is 79.9. The van der Waals surface area contributed by atoms with Crippen LogP contribution in [0.3, 0.4) is 0 Å². The van der Waals surface area contributed by atoms with Crippen molar-refractivity contribution in [2.24, 2.45) is 0 Å². The number of nitrogens with one attached hydrogen (secondary N) is 2. The van der Waals surface area contributed by atoms with Gasteiger partial charge in [0.2, 0.25) is 0 Å². The number of phenolic OH excluding ortho intramolecular Hbond substituents is 1. The van der Waals surface area contributed by atoms with Crippen LogP contribution in [0, 0.1) is 0 Å². The predicted molar refractivity (Wildman–Crippen MR) is 92.6 cm³/mol. The van der Waals surface area contributed by atoms with E-state index in [1.807, 2.05) is 0 Å². The molecule has 0 radical (unpaired) electrons. The van der Waals surface area contributed by atoms with E-state index in [4.69, 9.17) is 0 Å². The fraction of sp³-hybridized carbons (Fsp3) is 0.133. The Bertz CT molecular complexity index is 837. The van der Waals surface area contributed by atoms with Crippen LogP contribution in [-0.2, 0) is 9.84 Å². The van der Waals surface area contributed by atoms with E-state index in [-0.39, 0.29) is 22.1 Å². The van der Waals surface area contributed by atoms with Gasteiger partial charge in [0.1, 0.15) is 5.75 Å².